The fourth-order valence-corrected chi connectivity index (χ4v) is 2.61. The van der Waals surface area contributed by atoms with Gasteiger partial charge in [0, 0.05) is 38.6 Å². The molecule has 1 aromatic carbocycles. The van der Waals surface area contributed by atoms with Gasteiger partial charge < -0.3 is 19.7 Å². The second-order valence-electron chi connectivity index (χ2n) is 4.40. The lowest BCUT2D eigenvalue weighted by Gasteiger charge is -2.31. The van der Waals surface area contributed by atoms with Crippen LogP contribution in [-0.2, 0) is 15.4 Å². The summed E-state index contributed by atoms with van der Waals surface area (Å²) < 4.78 is 11.0. The first-order valence-corrected chi connectivity index (χ1v) is 6.49. The van der Waals surface area contributed by atoms with Gasteiger partial charge in [0.2, 0.25) is 0 Å². The van der Waals surface area contributed by atoms with E-state index < -0.39 is 5.91 Å². The molecule has 0 saturated carbocycles. The van der Waals surface area contributed by atoms with Crippen LogP contribution in [0.25, 0.3) is 0 Å². The Labute approximate surface area is 114 Å². The zero-order chi connectivity index (χ0) is 14.0. The van der Waals surface area contributed by atoms with E-state index in [0.29, 0.717) is 5.84 Å². The highest BCUT2D eigenvalue weighted by molar-refractivity contribution is 6.03. The average molecular weight is 263 g/mol. The van der Waals surface area contributed by atoms with Crippen molar-refractivity contribution in [2.75, 3.05) is 32.2 Å². The van der Waals surface area contributed by atoms with Gasteiger partial charge in [0.1, 0.15) is 5.84 Å². The first-order valence-electron chi connectivity index (χ1n) is 6.49. The van der Waals surface area contributed by atoms with Gasteiger partial charge in [0.25, 0.3) is 5.91 Å². The first kappa shape index (κ1) is 13.8. The van der Waals surface area contributed by atoms with E-state index in [9.17, 15) is 0 Å². The first-order chi connectivity index (χ1) is 9.13. The maximum absolute atomic E-state index is 8.05. The van der Waals surface area contributed by atoms with Gasteiger partial charge in [-0.2, -0.15) is 0 Å². The quantitative estimate of drug-likeness (QED) is 0.796. The van der Waals surface area contributed by atoms with Crippen LogP contribution in [0.1, 0.15) is 25.0 Å². The van der Waals surface area contributed by atoms with Crippen LogP contribution in [0.4, 0.5) is 5.69 Å². The van der Waals surface area contributed by atoms with Crippen molar-refractivity contribution in [1.29, 1.82) is 5.41 Å². The molecule has 0 atom stereocenters. The highest BCUT2D eigenvalue weighted by Crippen LogP contribution is 2.39. The molecule has 0 fully saturated rings. The molecular formula is C14H21N3O2. The molecule has 2 N–H and O–H groups in total. The summed E-state index contributed by atoms with van der Waals surface area (Å²) in [4.78, 5) is 2.23. The number of fused-ring (bicyclic) bond motifs is 1. The highest BCUT2D eigenvalue weighted by atomic mass is 16.7. The van der Waals surface area contributed by atoms with Gasteiger partial charge in [-0.3, -0.25) is 5.41 Å². The normalized spacial score (nSPS) is 16.1. The number of hydrogen-bond donors (Lipinski definition) is 2. The minimum Gasteiger partial charge on any atom is -0.372 e. The van der Waals surface area contributed by atoms with Crippen molar-refractivity contribution in [2.45, 2.75) is 19.8 Å². The Balaban J connectivity index is 2.64. The van der Waals surface area contributed by atoms with Crippen molar-refractivity contribution < 1.29 is 9.47 Å². The average Bonchev–Trinajstić information content (AvgIpc) is 2.75. The number of anilines is 1. The molecule has 1 aliphatic heterocycles. The van der Waals surface area contributed by atoms with Gasteiger partial charge >= 0.3 is 0 Å². The molecule has 19 heavy (non-hydrogen) atoms. The third kappa shape index (κ3) is 1.99. The molecule has 5 heteroatoms. The zero-order valence-electron chi connectivity index (χ0n) is 11.9. The molecule has 0 aliphatic carbocycles. The summed E-state index contributed by atoms with van der Waals surface area (Å²) in [6, 6.07) is 5.92. The number of nitrogens with zero attached hydrogens (tertiary/aromatic N) is 1. The van der Waals surface area contributed by atoms with Crippen LogP contribution in [0.5, 0.6) is 0 Å². The van der Waals surface area contributed by atoms with E-state index in [2.05, 4.69) is 24.1 Å². The largest absolute Gasteiger partial charge is 0.372 e. The Hall–Kier alpha value is -1.59. The Morgan fingerprint density at radius 3 is 2.37 bits per heavy atom. The molecule has 1 aromatic rings. The third-order valence-corrected chi connectivity index (χ3v) is 3.61. The van der Waals surface area contributed by atoms with E-state index in [4.69, 9.17) is 14.9 Å². The Morgan fingerprint density at radius 2 is 1.84 bits per heavy atom. The maximum atomic E-state index is 8.05. The predicted molar refractivity (Wildman–Crippen MR) is 75.7 cm³/mol. The summed E-state index contributed by atoms with van der Waals surface area (Å²) in [7, 11) is 3.16. The Kier molecular flexibility index (Phi) is 3.78. The number of amidine groups is 1. The molecule has 1 heterocycles. The summed E-state index contributed by atoms with van der Waals surface area (Å²) in [6.07, 6.45) is 0. The van der Waals surface area contributed by atoms with Crippen LogP contribution >= 0.6 is 0 Å². The number of ether oxygens (including phenoxy) is 2. The van der Waals surface area contributed by atoms with Gasteiger partial charge in [-0.1, -0.05) is 12.1 Å². The van der Waals surface area contributed by atoms with Gasteiger partial charge in [-0.05, 0) is 19.9 Å². The zero-order valence-corrected chi connectivity index (χ0v) is 11.9. The van der Waals surface area contributed by atoms with Crippen molar-refractivity contribution in [3.8, 4) is 0 Å². The maximum Gasteiger partial charge on any atom is 0.281 e. The Morgan fingerprint density at radius 1 is 1.21 bits per heavy atom. The minimum absolute atomic E-state index is 0.327. The third-order valence-electron chi connectivity index (χ3n) is 3.61. The van der Waals surface area contributed by atoms with Gasteiger partial charge in [-0.25, -0.2) is 0 Å². The van der Waals surface area contributed by atoms with Gasteiger partial charge in [-0.15, -0.1) is 0 Å². The van der Waals surface area contributed by atoms with E-state index in [1.165, 1.54) is 0 Å². The van der Waals surface area contributed by atoms with Crippen molar-refractivity contribution in [3.05, 3.63) is 29.3 Å². The van der Waals surface area contributed by atoms with E-state index in [-0.39, 0.29) is 0 Å². The summed E-state index contributed by atoms with van der Waals surface area (Å²) in [5, 5.41) is 11.0. The number of rotatable bonds is 5. The lowest BCUT2D eigenvalue weighted by Crippen LogP contribution is -2.43. The molecule has 0 radical (unpaired) electrons. The number of nitrogens with one attached hydrogen (secondary N) is 2. The molecule has 0 spiro atoms. The lowest BCUT2D eigenvalue weighted by atomic mass is 10.0. The van der Waals surface area contributed by atoms with Crippen LogP contribution < -0.4 is 10.2 Å². The summed E-state index contributed by atoms with van der Waals surface area (Å²) >= 11 is 0. The van der Waals surface area contributed by atoms with Crippen molar-refractivity contribution in [2.24, 2.45) is 0 Å². The molecule has 5 nitrogen and oxygen atoms in total. The van der Waals surface area contributed by atoms with Crippen LogP contribution in [0.2, 0.25) is 0 Å². The fraction of sp³-hybridized carbons (Fsp3) is 0.500. The smallest absolute Gasteiger partial charge is 0.281 e. The van der Waals surface area contributed by atoms with Crippen molar-refractivity contribution >= 4 is 11.5 Å². The van der Waals surface area contributed by atoms with Crippen LogP contribution in [0.15, 0.2) is 18.2 Å². The summed E-state index contributed by atoms with van der Waals surface area (Å²) in [6.45, 7) is 6.00. The fourth-order valence-electron chi connectivity index (χ4n) is 2.61. The standard InChI is InChI=1S/C14H21N3O2/c1-5-17(6-2)11-9-7-8-10-12(11)14(18-3,19-4)16-13(10)15/h7-9H,5-6H2,1-4H3,(H2,15,16). The molecule has 2 rings (SSSR count). The van der Waals surface area contributed by atoms with Crippen molar-refractivity contribution in [3.63, 3.8) is 0 Å². The van der Waals surface area contributed by atoms with Crippen LogP contribution in [0.3, 0.4) is 0 Å². The van der Waals surface area contributed by atoms with Crippen molar-refractivity contribution in [1.82, 2.24) is 5.32 Å². The van der Waals surface area contributed by atoms with E-state index >= 15 is 0 Å². The molecule has 0 aromatic heterocycles. The monoisotopic (exact) mass is 263 g/mol. The topological polar surface area (TPSA) is 57.6 Å². The summed E-state index contributed by atoms with van der Waals surface area (Å²) in [5.41, 5.74) is 2.75. The molecule has 0 unspecified atom stereocenters. The number of benzene rings is 1. The SMILES string of the molecule is CCN(CC)c1cccc2c1C(OC)(OC)NC2=N. The van der Waals surface area contributed by atoms with Gasteiger partial charge in [0.05, 0.1) is 5.56 Å². The molecule has 1 aliphatic rings. The Bertz CT molecular complexity index is 480. The number of hydrogen-bond acceptors (Lipinski definition) is 4. The van der Waals surface area contributed by atoms with E-state index in [1.54, 1.807) is 14.2 Å². The van der Waals surface area contributed by atoms with Gasteiger partial charge in [0.15, 0.2) is 0 Å². The second-order valence-corrected chi connectivity index (χ2v) is 4.40. The number of methoxy groups -OCH3 is 2. The molecule has 0 bridgehead atoms. The molecule has 104 valence electrons. The lowest BCUT2D eigenvalue weighted by molar-refractivity contribution is -0.222. The highest BCUT2D eigenvalue weighted by Gasteiger charge is 2.44. The second kappa shape index (κ2) is 5.19. The van der Waals surface area contributed by atoms with E-state index in [0.717, 1.165) is 29.9 Å². The molecule has 0 amide bonds. The van der Waals surface area contributed by atoms with Crippen LogP contribution in [-0.4, -0.2) is 33.1 Å². The molecule has 0 saturated heterocycles. The summed E-state index contributed by atoms with van der Waals surface area (Å²) in [5.74, 6) is -0.737. The van der Waals surface area contributed by atoms with E-state index in [1.807, 2.05) is 18.2 Å². The minimum atomic E-state index is -1.06. The van der Waals surface area contributed by atoms with Crippen LogP contribution in [0, 0.1) is 5.41 Å². The molecular weight excluding hydrogens is 242 g/mol. The predicted octanol–water partition coefficient (Wildman–Crippen LogP) is 1.86.